The highest BCUT2D eigenvalue weighted by atomic mass is 19.1. The Balaban J connectivity index is 1.23. The highest BCUT2D eigenvalue weighted by molar-refractivity contribution is 5.77. The second-order valence-electron chi connectivity index (χ2n) is 7.10. The van der Waals surface area contributed by atoms with Gasteiger partial charge in [0.15, 0.2) is 0 Å². The van der Waals surface area contributed by atoms with Crippen molar-refractivity contribution in [3.05, 3.63) is 59.9 Å². The van der Waals surface area contributed by atoms with E-state index in [0.717, 1.165) is 5.56 Å². The zero-order valence-corrected chi connectivity index (χ0v) is 15.3. The Morgan fingerprint density at radius 1 is 1.11 bits per heavy atom. The monoisotopic (exact) mass is 384 g/mol. The van der Waals surface area contributed by atoms with Gasteiger partial charge in [0.05, 0.1) is 6.04 Å². The minimum absolute atomic E-state index is 0.0674. The van der Waals surface area contributed by atoms with E-state index in [1.165, 1.54) is 12.1 Å². The van der Waals surface area contributed by atoms with Gasteiger partial charge >= 0.3 is 6.09 Å². The quantitative estimate of drug-likeness (QED) is 0.829. The van der Waals surface area contributed by atoms with Crippen LogP contribution in [0.1, 0.15) is 24.3 Å². The summed E-state index contributed by atoms with van der Waals surface area (Å²) in [7, 11) is 0. The van der Waals surface area contributed by atoms with Gasteiger partial charge in [-0.05, 0) is 48.4 Å². The maximum Gasteiger partial charge on any atom is 0.407 e. The molecule has 6 nitrogen and oxygen atoms in total. The van der Waals surface area contributed by atoms with Crippen LogP contribution in [0.4, 0.5) is 9.18 Å². The molecule has 0 radical (unpaired) electrons. The van der Waals surface area contributed by atoms with Gasteiger partial charge in [-0.2, -0.15) is 0 Å². The average Bonchev–Trinajstić information content (AvgIpc) is 3.07. The van der Waals surface area contributed by atoms with Crippen LogP contribution in [0.5, 0.6) is 11.5 Å². The minimum Gasteiger partial charge on any atom is -0.457 e. The normalized spacial score (nSPS) is 19.0. The molecule has 2 saturated heterocycles. The highest BCUT2D eigenvalue weighted by Gasteiger charge is 2.32. The second-order valence-corrected chi connectivity index (χ2v) is 7.10. The Kier molecular flexibility index (Phi) is 5.14. The Morgan fingerprint density at radius 2 is 1.75 bits per heavy atom. The zero-order valence-electron chi connectivity index (χ0n) is 15.3. The molecule has 2 aromatic carbocycles. The smallest absolute Gasteiger partial charge is 0.407 e. The number of nitrogens with one attached hydrogen (secondary N) is 1. The third kappa shape index (κ3) is 4.24. The number of alkyl carbamates (subject to hydrolysis) is 1. The van der Waals surface area contributed by atoms with Gasteiger partial charge in [0.2, 0.25) is 5.91 Å². The van der Waals surface area contributed by atoms with Crippen molar-refractivity contribution in [1.29, 1.82) is 0 Å². The SMILES string of the molecule is O=C1N[C@H](CCC(=O)N2CC(c3ccc(Oc4ccc(F)cc4)cc3)C2)CO1. The van der Waals surface area contributed by atoms with Crippen molar-refractivity contribution in [3.63, 3.8) is 0 Å². The van der Waals surface area contributed by atoms with Crippen LogP contribution >= 0.6 is 0 Å². The van der Waals surface area contributed by atoms with E-state index in [4.69, 9.17) is 9.47 Å². The first-order chi connectivity index (χ1) is 13.6. The van der Waals surface area contributed by atoms with Gasteiger partial charge in [-0.3, -0.25) is 4.79 Å². The van der Waals surface area contributed by atoms with E-state index < -0.39 is 6.09 Å². The summed E-state index contributed by atoms with van der Waals surface area (Å²) in [6.45, 7) is 1.73. The lowest BCUT2D eigenvalue weighted by atomic mass is 9.91. The van der Waals surface area contributed by atoms with Crippen LogP contribution in [0, 0.1) is 5.82 Å². The molecule has 0 saturated carbocycles. The van der Waals surface area contributed by atoms with E-state index in [2.05, 4.69) is 5.32 Å². The Bertz CT molecular complexity index is 848. The number of likely N-dealkylation sites (tertiary alicyclic amines) is 1. The molecule has 28 heavy (non-hydrogen) atoms. The first-order valence-corrected chi connectivity index (χ1v) is 9.31. The number of ether oxygens (including phenoxy) is 2. The molecule has 2 heterocycles. The van der Waals surface area contributed by atoms with E-state index in [0.29, 0.717) is 50.0 Å². The third-order valence-electron chi connectivity index (χ3n) is 5.08. The molecule has 1 N–H and O–H groups in total. The Labute approximate surface area is 162 Å². The van der Waals surface area contributed by atoms with Crippen LogP contribution in [-0.4, -0.2) is 42.6 Å². The maximum absolute atomic E-state index is 12.9. The molecule has 4 rings (SSSR count). The lowest BCUT2D eigenvalue weighted by molar-refractivity contribution is -0.135. The summed E-state index contributed by atoms with van der Waals surface area (Å²) in [5.74, 6) is 1.39. The average molecular weight is 384 g/mol. The molecule has 2 aromatic rings. The number of carbonyl (C=O) groups is 2. The molecule has 1 atom stereocenters. The number of benzene rings is 2. The molecule has 0 bridgehead atoms. The van der Waals surface area contributed by atoms with Gasteiger partial charge in [-0.25, -0.2) is 9.18 Å². The van der Waals surface area contributed by atoms with Gasteiger partial charge in [0.1, 0.15) is 23.9 Å². The number of hydrogen-bond acceptors (Lipinski definition) is 4. The van der Waals surface area contributed by atoms with E-state index in [9.17, 15) is 14.0 Å². The number of hydrogen-bond donors (Lipinski definition) is 1. The number of amides is 2. The largest absolute Gasteiger partial charge is 0.457 e. The molecule has 2 aliphatic rings. The van der Waals surface area contributed by atoms with Crippen molar-refractivity contribution in [2.75, 3.05) is 19.7 Å². The van der Waals surface area contributed by atoms with E-state index in [1.807, 2.05) is 29.2 Å². The van der Waals surface area contributed by atoms with Crippen LogP contribution in [0.3, 0.4) is 0 Å². The van der Waals surface area contributed by atoms with Crippen molar-refractivity contribution >= 4 is 12.0 Å². The van der Waals surface area contributed by atoms with E-state index >= 15 is 0 Å². The number of halogens is 1. The van der Waals surface area contributed by atoms with Crippen LogP contribution in [0.2, 0.25) is 0 Å². The Morgan fingerprint density at radius 3 is 2.36 bits per heavy atom. The molecule has 7 heteroatoms. The van der Waals surface area contributed by atoms with E-state index in [1.54, 1.807) is 12.1 Å². The van der Waals surface area contributed by atoms with Crippen LogP contribution in [0.15, 0.2) is 48.5 Å². The van der Waals surface area contributed by atoms with Crippen molar-refractivity contribution in [3.8, 4) is 11.5 Å². The van der Waals surface area contributed by atoms with Crippen molar-refractivity contribution in [2.24, 2.45) is 0 Å². The zero-order chi connectivity index (χ0) is 19.5. The molecule has 2 amide bonds. The summed E-state index contributed by atoms with van der Waals surface area (Å²) in [6.07, 6.45) is 0.598. The van der Waals surface area contributed by atoms with Gasteiger partial charge < -0.3 is 19.7 Å². The molecular formula is C21H21FN2O4. The summed E-state index contributed by atoms with van der Waals surface area (Å²) in [5, 5.41) is 2.68. The predicted octanol–water partition coefficient (Wildman–Crippen LogP) is 3.43. The lowest BCUT2D eigenvalue weighted by Gasteiger charge is -2.40. The van der Waals surface area contributed by atoms with E-state index in [-0.39, 0.29) is 17.8 Å². The topological polar surface area (TPSA) is 67.9 Å². The fraction of sp³-hybridized carbons (Fsp3) is 0.333. The van der Waals surface area contributed by atoms with Crippen molar-refractivity contribution in [2.45, 2.75) is 24.8 Å². The number of nitrogens with zero attached hydrogens (tertiary/aromatic N) is 1. The molecule has 0 aliphatic carbocycles. The molecule has 2 aliphatic heterocycles. The molecule has 0 spiro atoms. The van der Waals surface area contributed by atoms with Crippen LogP contribution in [0.25, 0.3) is 0 Å². The summed E-state index contributed by atoms with van der Waals surface area (Å²) in [4.78, 5) is 25.1. The van der Waals surface area contributed by atoms with Gasteiger partial charge in [-0.15, -0.1) is 0 Å². The van der Waals surface area contributed by atoms with Gasteiger partial charge in [-0.1, -0.05) is 12.1 Å². The molecule has 146 valence electrons. The first kappa shape index (κ1) is 18.3. The second kappa shape index (κ2) is 7.88. The first-order valence-electron chi connectivity index (χ1n) is 9.31. The minimum atomic E-state index is -0.409. The predicted molar refractivity (Wildman–Crippen MR) is 99.7 cm³/mol. The third-order valence-corrected chi connectivity index (χ3v) is 5.08. The summed E-state index contributed by atoms with van der Waals surface area (Å²) >= 11 is 0. The number of cyclic esters (lactones) is 1. The fourth-order valence-corrected chi connectivity index (χ4v) is 3.38. The summed E-state index contributed by atoms with van der Waals surface area (Å²) in [6, 6.07) is 13.6. The fourth-order valence-electron chi connectivity index (χ4n) is 3.38. The number of carbonyl (C=O) groups excluding carboxylic acids is 2. The van der Waals surface area contributed by atoms with Crippen LogP contribution in [-0.2, 0) is 9.53 Å². The summed E-state index contributed by atoms with van der Waals surface area (Å²) in [5.41, 5.74) is 1.16. The lowest BCUT2D eigenvalue weighted by Crippen LogP contribution is -2.48. The molecular weight excluding hydrogens is 363 g/mol. The van der Waals surface area contributed by atoms with Crippen molar-refractivity contribution in [1.82, 2.24) is 10.2 Å². The van der Waals surface area contributed by atoms with Crippen molar-refractivity contribution < 1.29 is 23.5 Å². The molecule has 0 aromatic heterocycles. The standard InChI is InChI=1S/C21H21FN2O4/c22-16-3-8-19(9-4-16)28-18-6-1-14(2-7-18)15-11-24(12-15)20(25)10-5-17-13-27-21(26)23-17/h1-4,6-9,15,17H,5,10-13H2,(H,23,26)/t17-/m1/s1. The molecule has 0 unspecified atom stereocenters. The van der Waals surface area contributed by atoms with Gasteiger partial charge in [0, 0.05) is 25.4 Å². The maximum atomic E-state index is 12.9. The number of rotatable bonds is 6. The highest BCUT2D eigenvalue weighted by Crippen LogP contribution is 2.30. The summed E-state index contributed by atoms with van der Waals surface area (Å²) < 4.78 is 23.5. The van der Waals surface area contributed by atoms with Gasteiger partial charge in [0.25, 0.3) is 0 Å². The molecule has 2 fully saturated rings. The Hall–Kier alpha value is -3.09. The van der Waals surface area contributed by atoms with Crippen LogP contribution < -0.4 is 10.1 Å².